The van der Waals surface area contributed by atoms with Crippen molar-refractivity contribution in [2.45, 2.75) is 45.4 Å². The Morgan fingerprint density at radius 2 is 2.17 bits per heavy atom. The first-order chi connectivity index (χ1) is 11.3. The van der Waals surface area contributed by atoms with E-state index in [1.165, 1.54) is 31.6 Å². The maximum Gasteiger partial charge on any atom is 0.138 e. The van der Waals surface area contributed by atoms with E-state index in [1.54, 1.807) is 12.4 Å². The van der Waals surface area contributed by atoms with Crippen LogP contribution in [0.25, 0.3) is 0 Å². The largest absolute Gasteiger partial charge is 0.486 e. The molecule has 0 unspecified atom stereocenters. The summed E-state index contributed by atoms with van der Waals surface area (Å²) in [6, 6.07) is 4.22. The fourth-order valence-electron chi connectivity index (χ4n) is 3.57. The van der Waals surface area contributed by atoms with Gasteiger partial charge in [-0.05, 0) is 37.8 Å². The average molecular weight is 312 g/mol. The van der Waals surface area contributed by atoms with Crippen molar-refractivity contribution in [2.75, 3.05) is 13.1 Å². The molecule has 0 N–H and O–H groups in total. The van der Waals surface area contributed by atoms with Crippen molar-refractivity contribution in [3.8, 4) is 5.75 Å². The highest BCUT2D eigenvalue weighted by atomic mass is 16.5. The molecule has 2 aliphatic rings. The minimum Gasteiger partial charge on any atom is -0.486 e. The molecule has 3 heterocycles. The Balaban J connectivity index is 1.43. The van der Waals surface area contributed by atoms with E-state index < -0.39 is 0 Å². The topological polar surface area (TPSA) is 43.2 Å². The normalized spacial score (nSPS) is 21.7. The standard InChI is InChI=1S/C18H24N4O/c1-14-18-20-10-16(13-23-17-6-3-7-19-11-17)22(18)9-8-21(14)12-15-4-2-5-15/h3,6-7,10-11,14-15H,2,4-5,8-9,12-13H2,1H3/t14-/m0/s1. The number of nitrogens with zero attached hydrogens (tertiary/aromatic N) is 4. The van der Waals surface area contributed by atoms with Gasteiger partial charge in [0, 0.05) is 25.8 Å². The van der Waals surface area contributed by atoms with Crippen molar-refractivity contribution < 1.29 is 4.74 Å². The molecular weight excluding hydrogens is 288 g/mol. The fraction of sp³-hybridized carbons (Fsp3) is 0.556. The van der Waals surface area contributed by atoms with Gasteiger partial charge in [0.1, 0.15) is 18.2 Å². The summed E-state index contributed by atoms with van der Waals surface area (Å²) in [5.41, 5.74) is 1.15. The summed E-state index contributed by atoms with van der Waals surface area (Å²) >= 11 is 0. The van der Waals surface area contributed by atoms with Gasteiger partial charge in [0.05, 0.1) is 24.1 Å². The first-order valence-electron chi connectivity index (χ1n) is 8.62. The summed E-state index contributed by atoms with van der Waals surface area (Å²) in [5, 5.41) is 0. The van der Waals surface area contributed by atoms with Crippen LogP contribution in [0.2, 0.25) is 0 Å². The Morgan fingerprint density at radius 3 is 2.91 bits per heavy atom. The Morgan fingerprint density at radius 1 is 1.26 bits per heavy atom. The third-order valence-electron chi connectivity index (χ3n) is 5.24. The van der Waals surface area contributed by atoms with Crippen molar-refractivity contribution in [3.63, 3.8) is 0 Å². The van der Waals surface area contributed by atoms with Crippen LogP contribution >= 0.6 is 0 Å². The van der Waals surface area contributed by atoms with Gasteiger partial charge in [-0.2, -0.15) is 0 Å². The molecule has 0 spiro atoms. The molecule has 2 aromatic heterocycles. The number of hydrogen-bond donors (Lipinski definition) is 0. The molecule has 5 nitrogen and oxygen atoms in total. The fourth-order valence-corrected chi connectivity index (χ4v) is 3.57. The molecule has 122 valence electrons. The van der Waals surface area contributed by atoms with Crippen molar-refractivity contribution in [1.29, 1.82) is 0 Å². The zero-order valence-corrected chi connectivity index (χ0v) is 13.7. The van der Waals surface area contributed by atoms with E-state index in [-0.39, 0.29) is 0 Å². The number of rotatable bonds is 5. The molecule has 0 saturated heterocycles. The third kappa shape index (κ3) is 2.98. The molecule has 4 rings (SSSR count). The van der Waals surface area contributed by atoms with Crippen LogP contribution in [0.1, 0.15) is 43.7 Å². The first-order valence-corrected chi connectivity index (χ1v) is 8.62. The van der Waals surface area contributed by atoms with Crippen molar-refractivity contribution in [3.05, 3.63) is 42.2 Å². The van der Waals surface area contributed by atoms with Gasteiger partial charge in [-0.15, -0.1) is 0 Å². The van der Waals surface area contributed by atoms with Gasteiger partial charge < -0.3 is 9.30 Å². The van der Waals surface area contributed by atoms with Gasteiger partial charge in [-0.25, -0.2) is 4.98 Å². The predicted octanol–water partition coefficient (Wildman–Crippen LogP) is 3.03. The lowest BCUT2D eigenvalue weighted by Gasteiger charge is -2.39. The quantitative estimate of drug-likeness (QED) is 0.851. The SMILES string of the molecule is C[C@H]1c2ncc(COc3cccnc3)n2CCN1CC1CCC1. The Bertz CT molecular complexity index is 650. The summed E-state index contributed by atoms with van der Waals surface area (Å²) < 4.78 is 8.16. The predicted molar refractivity (Wildman–Crippen MR) is 88.1 cm³/mol. The number of pyridine rings is 1. The van der Waals surface area contributed by atoms with E-state index >= 15 is 0 Å². The molecule has 1 aliphatic heterocycles. The van der Waals surface area contributed by atoms with Crippen LogP contribution in [-0.2, 0) is 13.2 Å². The lowest BCUT2D eigenvalue weighted by Crippen LogP contribution is -2.41. The van der Waals surface area contributed by atoms with E-state index in [1.807, 2.05) is 18.3 Å². The molecule has 2 aromatic rings. The number of hydrogen-bond acceptors (Lipinski definition) is 4. The zero-order chi connectivity index (χ0) is 15.6. The summed E-state index contributed by atoms with van der Waals surface area (Å²) in [5.74, 6) is 2.89. The molecule has 1 aliphatic carbocycles. The monoisotopic (exact) mass is 312 g/mol. The van der Waals surface area contributed by atoms with Gasteiger partial charge in [0.15, 0.2) is 0 Å². The highest BCUT2D eigenvalue weighted by Crippen LogP contribution is 2.32. The molecule has 0 amide bonds. The Labute approximate surface area is 137 Å². The summed E-state index contributed by atoms with van der Waals surface area (Å²) in [7, 11) is 0. The van der Waals surface area contributed by atoms with Crippen LogP contribution in [0, 0.1) is 5.92 Å². The summed E-state index contributed by atoms with van der Waals surface area (Å²) in [6.07, 6.45) is 9.69. The van der Waals surface area contributed by atoms with Crippen LogP contribution in [0.3, 0.4) is 0 Å². The maximum atomic E-state index is 5.83. The summed E-state index contributed by atoms with van der Waals surface area (Å²) in [6.45, 7) is 6.19. The Kier molecular flexibility index (Phi) is 4.04. The summed E-state index contributed by atoms with van der Waals surface area (Å²) in [4.78, 5) is 11.4. The number of aromatic nitrogens is 3. The van der Waals surface area contributed by atoms with Crippen molar-refractivity contribution in [1.82, 2.24) is 19.4 Å². The second kappa shape index (κ2) is 6.32. The van der Waals surface area contributed by atoms with E-state index in [0.717, 1.165) is 30.5 Å². The maximum absolute atomic E-state index is 5.83. The minimum atomic E-state index is 0.400. The van der Waals surface area contributed by atoms with E-state index in [4.69, 9.17) is 4.74 Å². The molecule has 0 bridgehead atoms. The van der Waals surface area contributed by atoms with E-state index in [9.17, 15) is 0 Å². The van der Waals surface area contributed by atoms with Crippen LogP contribution < -0.4 is 4.74 Å². The molecule has 0 radical (unpaired) electrons. The molecule has 0 aromatic carbocycles. The lowest BCUT2D eigenvalue weighted by molar-refractivity contribution is 0.110. The molecule has 23 heavy (non-hydrogen) atoms. The van der Waals surface area contributed by atoms with Gasteiger partial charge in [-0.3, -0.25) is 9.88 Å². The molecular formula is C18H24N4O. The zero-order valence-electron chi connectivity index (χ0n) is 13.7. The Hall–Kier alpha value is -1.88. The molecule has 1 atom stereocenters. The van der Waals surface area contributed by atoms with Crippen molar-refractivity contribution in [2.24, 2.45) is 5.92 Å². The number of ether oxygens (including phenoxy) is 1. The first kappa shape index (κ1) is 14.7. The smallest absolute Gasteiger partial charge is 0.138 e. The highest BCUT2D eigenvalue weighted by Gasteiger charge is 2.30. The van der Waals surface area contributed by atoms with E-state index in [2.05, 4.69) is 26.4 Å². The van der Waals surface area contributed by atoms with Gasteiger partial charge in [0.2, 0.25) is 0 Å². The molecule has 5 heteroatoms. The molecule has 1 fully saturated rings. The van der Waals surface area contributed by atoms with Crippen molar-refractivity contribution >= 4 is 0 Å². The van der Waals surface area contributed by atoms with Gasteiger partial charge in [0.25, 0.3) is 0 Å². The second-order valence-corrected chi connectivity index (χ2v) is 6.70. The second-order valence-electron chi connectivity index (χ2n) is 6.70. The minimum absolute atomic E-state index is 0.400. The van der Waals surface area contributed by atoms with E-state index in [0.29, 0.717) is 12.6 Å². The van der Waals surface area contributed by atoms with Gasteiger partial charge >= 0.3 is 0 Å². The number of fused-ring (bicyclic) bond motifs is 1. The van der Waals surface area contributed by atoms with Gasteiger partial charge in [-0.1, -0.05) is 6.42 Å². The lowest BCUT2D eigenvalue weighted by atomic mass is 9.84. The van der Waals surface area contributed by atoms with Crippen LogP contribution in [0.4, 0.5) is 0 Å². The van der Waals surface area contributed by atoms with Crippen LogP contribution in [-0.4, -0.2) is 32.5 Å². The van der Waals surface area contributed by atoms with Crippen LogP contribution in [0.5, 0.6) is 5.75 Å². The molecule has 1 saturated carbocycles. The number of imidazole rings is 1. The third-order valence-corrected chi connectivity index (χ3v) is 5.24. The highest BCUT2D eigenvalue weighted by molar-refractivity contribution is 5.17. The average Bonchev–Trinajstić information content (AvgIpc) is 2.95. The van der Waals surface area contributed by atoms with Crippen LogP contribution in [0.15, 0.2) is 30.7 Å².